The number of allylic oxidation sites excluding steroid dienone is 1. The molecule has 0 aromatic rings. The minimum absolute atomic E-state index is 0.0162. The second kappa shape index (κ2) is 5.06. The predicted molar refractivity (Wildman–Crippen MR) is 67.2 cm³/mol. The molecular weight excluding hydrogens is 248 g/mol. The van der Waals surface area contributed by atoms with Gasteiger partial charge in [-0.25, -0.2) is 4.79 Å². The number of rotatable bonds is 4. The number of ketones is 1. The Balaban J connectivity index is 2.34. The highest BCUT2D eigenvalue weighted by molar-refractivity contribution is 6.05. The van der Waals surface area contributed by atoms with E-state index >= 15 is 0 Å². The molecule has 0 aromatic carbocycles. The highest BCUT2D eigenvalue weighted by Crippen LogP contribution is 2.51. The van der Waals surface area contributed by atoms with Crippen molar-refractivity contribution in [2.75, 3.05) is 21.3 Å². The van der Waals surface area contributed by atoms with Crippen molar-refractivity contribution in [3.8, 4) is 0 Å². The first-order chi connectivity index (χ1) is 8.98. The normalized spacial score (nSPS) is 30.2. The fraction of sp³-hybridized carbons (Fsp3) is 0.714. The summed E-state index contributed by atoms with van der Waals surface area (Å²) < 4.78 is 15.7. The van der Waals surface area contributed by atoms with Crippen molar-refractivity contribution >= 4 is 11.8 Å². The smallest absolute Gasteiger partial charge is 0.334 e. The van der Waals surface area contributed by atoms with Crippen molar-refractivity contribution in [3.63, 3.8) is 0 Å². The SMILES string of the molecule is COC(=O)C1=CC(=O)[C@@H]2CC[C@@H](C(C)(OC)OC)[C@H]12. The van der Waals surface area contributed by atoms with Crippen molar-refractivity contribution in [3.05, 3.63) is 11.6 Å². The van der Waals surface area contributed by atoms with Gasteiger partial charge in [0.2, 0.25) is 0 Å². The topological polar surface area (TPSA) is 61.8 Å². The molecule has 0 aliphatic heterocycles. The number of esters is 1. The standard InChI is InChI=1S/C14H20O5/c1-14(18-3,19-4)10-6-5-8-11(15)7-9(12(8)10)13(16)17-2/h7-8,10,12H,5-6H2,1-4H3/t8-,10+,12-/m0/s1. The summed E-state index contributed by atoms with van der Waals surface area (Å²) in [6, 6.07) is 0. The van der Waals surface area contributed by atoms with E-state index in [9.17, 15) is 9.59 Å². The summed E-state index contributed by atoms with van der Waals surface area (Å²) in [6.07, 6.45) is 2.99. The number of carbonyl (C=O) groups excluding carboxylic acids is 2. The van der Waals surface area contributed by atoms with E-state index in [4.69, 9.17) is 14.2 Å². The summed E-state index contributed by atoms with van der Waals surface area (Å²) in [5.74, 6) is -1.53. The second-order valence-electron chi connectivity index (χ2n) is 5.23. The quantitative estimate of drug-likeness (QED) is 0.568. The number of methoxy groups -OCH3 is 3. The van der Waals surface area contributed by atoms with Crippen LogP contribution in [0.3, 0.4) is 0 Å². The fourth-order valence-electron chi connectivity index (χ4n) is 3.40. The zero-order valence-corrected chi connectivity index (χ0v) is 11.8. The van der Waals surface area contributed by atoms with Crippen LogP contribution in [0.25, 0.3) is 0 Å². The van der Waals surface area contributed by atoms with Gasteiger partial charge < -0.3 is 14.2 Å². The molecule has 106 valence electrons. The number of hydrogen-bond donors (Lipinski definition) is 0. The summed E-state index contributed by atoms with van der Waals surface area (Å²) in [4.78, 5) is 23.8. The Bertz CT molecular complexity index is 422. The van der Waals surface area contributed by atoms with Gasteiger partial charge in [0.25, 0.3) is 0 Å². The molecular formula is C14H20O5. The van der Waals surface area contributed by atoms with Crippen LogP contribution in [0.4, 0.5) is 0 Å². The van der Waals surface area contributed by atoms with Crippen LogP contribution in [-0.4, -0.2) is 38.9 Å². The van der Waals surface area contributed by atoms with E-state index in [1.807, 2.05) is 6.92 Å². The molecule has 0 radical (unpaired) electrons. The Labute approximate surface area is 112 Å². The van der Waals surface area contributed by atoms with E-state index in [1.165, 1.54) is 13.2 Å². The van der Waals surface area contributed by atoms with Gasteiger partial charge in [0, 0.05) is 37.5 Å². The maximum atomic E-state index is 12.0. The van der Waals surface area contributed by atoms with E-state index in [0.717, 1.165) is 12.8 Å². The van der Waals surface area contributed by atoms with E-state index in [2.05, 4.69) is 0 Å². The highest BCUT2D eigenvalue weighted by Gasteiger charge is 2.54. The van der Waals surface area contributed by atoms with Crippen molar-refractivity contribution < 1.29 is 23.8 Å². The van der Waals surface area contributed by atoms with E-state index in [1.54, 1.807) is 14.2 Å². The molecule has 0 bridgehead atoms. The van der Waals surface area contributed by atoms with Gasteiger partial charge in [0.05, 0.1) is 7.11 Å². The lowest BCUT2D eigenvalue weighted by molar-refractivity contribution is -0.232. The first-order valence-corrected chi connectivity index (χ1v) is 6.42. The molecule has 1 fully saturated rings. The average molecular weight is 268 g/mol. The molecule has 2 aliphatic rings. The molecule has 0 heterocycles. The van der Waals surface area contributed by atoms with Crippen molar-refractivity contribution in [1.29, 1.82) is 0 Å². The Hall–Kier alpha value is -1.20. The number of fused-ring (bicyclic) bond motifs is 1. The van der Waals surface area contributed by atoms with Crippen LogP contribution in [0.2, 0.25) is 0 Å². The van der Waals surface area contributed by atoms with Crippen LogP contribution >= 0.6 is 0 Å². The summed E-state index contributed by atoms with van der Waals surface area (Å²) >= 11 is 0. The van der Waals surface area contributed by atoms with Crippen LogP contribution in [-0.2, 0) is 23.8 Å². The monoisotopic (exact) mass is 268 g/mol. The first-order valence-electron chi connectivity index (χ1n) is 6.42. The van der Waals surface area contributed by atoms with Crippen LogP contribution in [0.5, 0.6) is 0 Å². The van der Waals surface area contributed by atoms with Crippen molar-refractivity contribution in [2.45, 2.75) is 25.6 Å². The van der Waals surface area contributed by atoms with Gasteiger partial charge in [-0.05, 0) is 25.8 Å². The van der Waals surface area contributed by atoms with Gasteiger partial charge in [-0.1, -0.05) is 0 Å². The van der Waals surface area contributed by atoms with Gasteiger partial charge in [-0.3, -0.25) is 4.79 Å². The minimum Gasteiger partial charge on any atom is -0.466 e. The summed E-state index contributed by atoms with van der Waals surface area (Å²) in [5.41, 5.74) is 0.459. The third-order valence-electron chi connectivity index (χ3n) is 4.58. The fourth-order valence-corrected chi connectivity index (χ4v) is 3.40. The Morgan fingerprint density at radius 3 is 2.42 bits per heavy atom. The zero-order valence-electron chi connectivity index (χ0n) is 11.8. The first kappa shape index (κ1) is 14.2. The molecule has 3 atom stereocenters. The van der Waals surface area contributed by atoms with E-state index < -0.39 is 11.8 Å². The largest absolute Gasteiger partial charge is 0.466 e. The van der Waals surface area contributed by atoms with Crippen molar-refractivity contribution in [2.24, 2.45) is 17.8 Å². The molecule has 5 nitrogen and oxygen atoms in total. The molecule has 0 amide bonds. The predicted octanol–water partition coefficient (Wildman–Crippen LogP) is 1.32. The van der Waals surface area contributed by atoms with Crippen LogP contribution in [0.1, 0.15) is 19.8 Å². The molecule has 0 aromatic heterocycles. The van der Waals surface area contributed by atoms with E-state index in [-0.39, 0.29) is 23.5 Å². The lowest BCUT2D eigenvalue weighted by atomic mass is 9.82. The van der Waals surface area contributed by atoms with Gasteiger partial charge in [0.15, 0.2) is 11.6 Å². The Morgan fingerprint density at radius 1 is 1.26 bits per heavy atom. The van der Waals surface area contributed by atoms with Gasteiger partial charge >= 0.3 is 5.97 Å². The van der Waals surface area contributed by atoms with Gasteiger partial charge in [0.1, 0.15) is 0 Å². The second-order valence-corrected chi connectivity index (χ2v) is 5.23. The molecule has 2 rings (SSSR count). The third-order valence-corrected chi connectivity index (χ3v) is 4.58. The van der Waals surface area contributed by atoms with Crippen LogP contribution in [0.15, 0.2) is 11.6 Å². The average Bonchev–Trinajstić information content (AvgIpc) is 2.99. The molecule has 0 spiro atoms. The summed E-state index contributed by atoms with van der Waals surface area (Å²) in [5, 5.41) is 0. The summed E-state index contributed by atoms with van der Waals surface area (Å²) in [7, 11) is 4.49. The molecule has 19 heavy (non-hydrogen) atoms. The number of carbonyl (C=O) groups is 2. The van der Waals surface area contributed by atoms with Crippen LogP contribution < -0.4 is 0 Å². The molecule has 5 heteroatoms. The van der Waals surface area contributed by atoms with Crippen molar-refractivity contribution in [1.82, 2.24) is 0 Å². The summed E-state index contributed by atoms with van der Waals surface area (Å²) in [6.45, 7) is 1.84. The van der Waals surface area contributed by atoms with Gasteiger partial charge in [-0.2, -0.15) is 0 Å². The Kier molecular flexibility index (Phi) is 3.78. The zero-order chi connectivity index (χ0) is 14.2. The van der Waals surface area contributed by atoms with E-state index in [0.29, 0.717) is 5.57 Å². The highest BCUT2D eigenvalue weighted by atomic mass is 16.7. The van der Waals surface area contributed by atoms with Crippen LogP contribution in [0, 0.1) is 17.8 Å². The third kappa shape index (κ3) is 2.11. The lowest BCUT2D eigenvalue weighted by Gasteiger charge is -2.36. The molecule has 1 saturated carbocycles. The Morgan fingerprint density at radius 2 is 1.89 bits per heavy atom. The lowest BCUT2D eigenvalue weighted by Crippen LogP contribution is -2.42. The molecule has 0 saturated heterocycles. The molecule has 0 unspecified atom stereocenters. The number of hydrogen-bond acceptors (Lipinski definition) is 5. The minimum atomic E-state index is -0.794. The number of ether oxygens (including phenoxy) is 3. The molecule has 2 aliphatic carbocycles. The van der Waals surface area contributed by atoms with Gasteiger partial charge in [-0.15, -0.1) is 0 Å². The maximum Gasteiger partial charge on any atom is 0.334 e. The molecule has 0 N–H and O–H groups in total. The maximum absolute atomic E-state index is 12.0.